The first-order valence-corrected chi connectivity index (χ1v) is 24.9. The molecule has 0 amide bonds. The van der Waals surface area contributed by atoms with Crippen LogP contribution in [0.1, 0.15) is 71.2 Å². The van der Waals surface area contributed by atoms with E-state index in [-0.39, 0.29) is 28.8 Å². The van der Waals surface area contributed by atoms with E-state index in [0.29, 0.717) is 22.4 Å². The molecule has 0 saturated carbocycles. The van der Waals surface area contributed by atoms with Crippen molar-refractivity contribution in [2.45, 2.75) is 72.2 Å². The van der Waals surface area contributed by atoms with Crippen molar-refractivity contribution < 1.29 is 36.4 Å². The average molecular weight is 1060 g/mol. The lowest BCUT2D eigenvalue weighted by Gasteiger charge is -2.23. The Morgan fingerprint density at radius 2 is 0.753 bits per heavy atom. The number of nitrogens with zero attached hydrogens (tertiary/aromatic N) is 2. The Balaban J connectivity index is 0.000000182. The second kappa shape index (κ2) is 23.4. The highest BCUT2D eigenvalue weighted by atomic mass is 35.5. The van der Waals surface area contributed by atoms with Crippen LogP contribution in [-0.4, -0.2) is 27.1 Å². The molecule has 2 N–H and O–H groups in total. The first-order chi connectivity index (χ1) is 36.0. The number of fused-ring (bicyclic) bond motifs is 2. The van der Waals surface area contributed by atoms with E-state index in [1.54, 1.807) is 30.3 Å². The number of aromatic nitrogens is 2. The van der Waals surface area contributed by atoms with Crippen LogP contribution in [0, 0.1) is 0 Å². The Labute approximate surface area is 451 Å². The van der Waals surface area contributed by atoms with Crippen molar-refractivity contribution in [2.24, 2.45) is 0 Å². The van der Waals surface area contributed by atoms with Crippen LogP contribution in [0.5, 0.6) is 0 Å². The van der Waals surface area contributed by atoms with Crippen LogP contribution in [0.15, 0.2) is 207 Å². The highest BCUT2D eigenvalue weighted by Gasteiger charge is 2.35. The van der Waals surface area contributed by atoms with Gasteiger partial charge in [-0.2, -0.15) is 26.3 Å². The smallest absolute Gasteiger partial charge is 0.423 e. The second-order valence-electron chi connectivity index (χ2n) is 20.5. The molecule has 0 bridgehead atoms. The molecule has 0 aliphatic heterocycles. The van der Waals surface area contributed by atoms with Crippen LogP contribution in [0.25, 0.3) is 77.4 Å². The molecule has 0 fully saturated rings. The first-order valence-electron chi connectivity index (χ1n) is 24.5. The number of alkyl halides is 6. The summed E-state index contributed by atoms with van der Waals surface area (Å²) in [6.45, 7) is 12.7. The van der Waals surface area contributed by atoms with Crippen molar-refractivity contribution in [3.63, 3.8) is 0 Å². The van der Waals surface area contributed by atoms with Gasteiger partial charge in [-0.05, 0) is 119 Å². The number of rotatable bonds is 6. The molecule has 0 unspecified atom stereocenters. The number of benzene rings is 8. The summed E-state index contributed by atoms with van der Waals surface area (Å²) in [5.74, 6) is 0. The molecule has 0 spiro atoms. The Hall–Kier alpha value is -7.57. The lowest BCUT2D eigenvalue weighted by atomic mass is 9.80. The van der Waals surface area contributed by atoms with Gasteiger partial charge in [0, 0.05) is 23.5 Å². The van der Waals surface area contributed by atoms with Gasteiger partial charge >= 0.3 is 19.5 Å². The van der Waals surface area contributed by atoms with E-state index in [9.17, 15) is 26.3 Å². The molecule has 12 heteroatoms. The summed E-state index contributed by atoms with van der Waals surface area (Å²) in [5, 5.41) is 21.8. The largest absolute Gasteiger partial charge is 0.488 e. The Morgan fingerprint density at radius 1 is 0.390 bits per heavy atom. The molecule has 4 nitrogen and oxygen atoms in total. The van der Waals surface area contributed by atoms with E-state index in [1.807, 2.05) is 146 Å². The van der Waals surface area contributed by atoms with Crippen LogP contribution >= 0.6 is 11.6 Å². The number of pyridine rings is 2. The lowest BCUT2D eigenvalue weighted by Crippen LogP contribution is -2.29. The molecular formula is C65H58BClF6N2O2. The topological polar surface area (TPSA) is 66.2 Å². The van der Waals surface area contributed by atoms with Gasteiger partial charge in [0.05, 0.1) is 27.5 Å². The van der Waals surface area contributed by atoms with Crippen LogP contribution in [0.4, 0.5) is 26.3 Å². The fourth-order valence-corrected chi connectivity index (χ4v) is 9.24. The molecule has 0 atom stereocenters. The minimum atomic E-state index is -4.51. The molecule has 0 aliphatic carbocycles. The van der Waals surface area contributed by atoms with Gasteiger partial charge in [0.1, 0.15) is 0 Å². The lowest BCUT2D eigenvalue weighted by molar-refractivity contribution is -0.138. The molecule has 0 radical (unpaired) electrons. The van der Waals surface area contributed by atoms with E-state index < -0.39 is 30.6 Å². The highest BCUT2D eigenvalue weighted by Crippen LogP contribution is 2.42. The van der Waals surface area contributed by atoms with E-state index in [2.05, 4.69) is 63.6 Å². The summed E-state index contributed by atoms with van der Waals surface area (Å²) >= 11 is 5.85. The predicted molar refractivity (Wildman–Crippen MR) is 306 cm³/mol. The van der Waals surface area contributed by atoms with Crippen LogP contribution in [-0.2, 0) is 23.2 Å². The van der Waals surface area contributed by atoms with Crippen molar-refractivity contribution in [1.29, 1.82) is 0 Å². The molecule has 77 heavy (non-hydrogen) atoms. The maximum absolute atomic E-state index is 14.0. The zero-order valence-electron chi connectivity index (χ0n) is 42.6. The van der Waals surface area contributed by atoms with E-state index >= 15 is 0 Å². The van der Waals surface area contributed by atoms with Crippen molar-refractivity contribution in [3.05, 3.63) is 234 Å². The third-order valence-corrected chi connectivity index (χ3v) is 13.2. The maximum atomic E-state index is 14.0. The number of hydrogen-bond acceptors (Lipinski definition) is 4. The van der Waals surface area contributed by atoms with Gasteiger partial charge in [-0.1, -0.05) is 218 Å². The van der Waals surface area contributed by atoms with E-state index in [4.69, 9.17) is 21.6 Å². The molecule has 10 aromatic rings. The van der Waals surface area contributed by atoms with Crippen molar-refractivity contribution in [1.82, 2.24) is 9.97 Å². The van der Waals surface area contributed by atoms with Gasteiger partial charge in [-0.15, -0.1) is 0 Å². The van der Waals surface area contributed by atoms with Gasteiger partial charge in [-0.25, -0.2) is 0 Å². The van der Waals surface area contributed by atoms with E-state index in [1.165, 1.54) is 6.07 Å². The SMILES string of the molecule is C.CC(C)(C)c1cc(-c2cc(-c3ccc(-c4ccccc4)cc3)c(C(F)(F)F)cn2)cc2ccccc12.CC(C)(C)c1cc(-c2cc(Cl)c(C(F)(F)F)cn2)cc2ccccc12.OB(O)c1ccc(-c2ccccc2)cc1. The molecule has 8 aromatic carbocycles. The fourth-order valence-electron chi connectivity index (χ4n) is 8.98. The third kappa shape index (κ3) is 13.7. The third-order valence-electron chi connectivity index (χ3n) is 12.9. The molecule has 2 heterocycles. The van der Waals surface area contributed by atoms with Crippen LogP contribution < -0.4 is 5.46 Å². The summed E-state index contributed by atoms with van der Waals surface area (Å²) in [4.78, 5) is 8.28. The molecule has 392 valence electrons. The van der Waals surface area contributed by atoms with E-state index in [0.717, 1.165) is 78.4 Å². The number of halogens is 7. The Morgan fingerprint density at radius 3 is 1.16 bits per heavy atom. The van der Waals surface area contributed by atoms with Crippen LogP contribution in [0.3, 0.4) is 0 Å². The average Bonchev–Trinajstić information content (AvgIpc) is 3.40. The van der Waals surface area contributed by atoms with Gasteiger partial charge in [0.2, 0.25) is 0 Å². The first kappa shape index (κ1) is 57.1. The quantitative estimate of drug-likeness (QED) is 0.129. The minimum absolute atomic E-state index is 0. The summed E-state index contributed by atoms with van der Waals surface area (Å²) in [6.07, 6.45) is -7.27. The normalized spacial score (nSPS) is 11.7. The van der Waals surface area contributed by atoms with Gasteiger partial charge in [0.15, 0.2) is 0 Å². The standard InChI is InChI=1S/C32H26F3N.C20H17ClF3N.C12H11BO2.CH4/c1-31(2,3)28-18-25(17-24-11-7-8-12-26(24)28)30-19-27(29(20-36-30)32(33,34)35)23-15-13-22(14-16-23)21-9-5-4-6-10-21;1-19(2,3)15-9-13(8-12-6-4-5-7-14(12)15)18-10-17(21)16(11-25-18)20(22,23)24;14-13(15)12-8-6-11(7-9-12)10-4-2-1-3-5-10;/h4-20H,1-3H3;4-11H,1-3H3;1-9,14-15H;1H4. The molecule has 10 rings (SSSR count). The fraction of sp³-hybridized carbons (Fsp3) is 0.169. The summed E-state index contributed by atoms with van der Waals surface area (Å²) in [6, 6.07) is 61.0. The second-order valence-corrected chi connectivity index (χ2v) is 20.9. The van der Waals surface area contributed by atoms with Crippen molar-refractivity contribution in [2.75, 3.05) is 0 Å². The predicted octanol–water partition coefficient (Wildman–Crippen LogP) is 18.1. The highest BCUT2D eigenvalue weighted by molar-refractivity contribution is 6.58. The molecule has 0 saturated heterocycles. The van der Waals surface area contributed by atoms with Gasteiger partial charge in [0.25, 0.3) is 0 Å². The minimum Gasteiger partial charge on any atom is -0.423 e. The zero-order chi connectivity index (χ0) is 54.6. The maximum Gasteiger partial charge on any atom is 0.488 e. The molecular weight excluding hydrogens is 1000 g/mol. The zero-order valence-corrected chi connectivity index (χ0v) is 43.4. The Kier molecular flexibility index (Phi) is 17.3. The Bertz CT molecular complexity index is 3610. The van der Waals surface area contributed by atoms with Crippen molar-refractivity contribution in [3.8, 4) is 55.9 Å². The molecule has 0 aliphatic rings. The number of hydrogen-bond donors (Lipinski definition) is 2. The van der Waals surface area contributed by atoms with Gasteiger partial charge < -0.3 is 10.0 Å². The molecule has 2 aromatic heterocycles. The van der Waals surface area contributed by atoms with Gasteiger partial charge in [-0.3, -0.25) is 9.97 Å². The monoisotopic (exact) mass is 1060 g/mol. The van der Waals surface area contributed by atoms with Crippen LogP contribution in [0.2, 0.25) is 5.02 Å². The van der Waals surface area contributed by atoms with Crippen molar-refractivity contribution >= 4 is 45.7 Å². The summed E-state index contributed by atoms with van der Waals surface area (Å²) < 4.78 is 80.7. The summed E-state index contributed by atoms with van der Waals surface area (Å²) in [7, 11) is -1.39. The summed E-state index contributed by atoms with van der Waals surface area (Å²) in [5.41, 5.74) is 8.10.